The maximum absolute atomic E-state index is 12.2. The van der Waals surface area contributed by atoms with E-state index in [4.69, 9.17) is 9.47 Å². The van der Waals surface area contributed by atoms with Crippen molar-refractivity contribution in [2.45, 2.75) is 0 Å². The molecule has 0 aliphatic heterocycles. The molecule has 0 bridgehead atoms. The van der Waals surface area contributed by atoms with Gasteiger partial charge in [0.1, 0.15) is 17.4 Å². The number of nitrogens with zero attached hydrogens (tertiary/aromatic N) is 1. The summed E-state index contributed by atoms with van der Waals surface area (Å²) < 4.78 is 9.75. The first-order chi connectivity index (χ1) is 12.6. The van der Waals surface area contributed by atoms with Gasteiger partial charge in [-0.3, -0.25) is 4.79 Å². The quantitative estimate of drug-likeness (QED) is 0.471. The predicted octanol–water partition coefficient (Wildman–Crippen LogP) is 2.94. The number of rotatable bonds is 6. The van der Waals surface area contributed by atoms with E-state index in [1.54, 1.807) is 55.6 Å². The third-order valence-corrected chi connectivity index (χ3v) is 3.42. The van der Waals surface area contributed by atoms with Gasteiger partial charge < -0.3 is 20.1 Å². The lowest BCUT2D eigenvalue weighted by Crippen LogP contribution is -2.15. The number of para-hydroxylation sites is 1. The molecule has 0 aromatic heterocycles. The van der Waals surface area contributed by atoms with E-state index < -0.39 is 11.9 Å². The van der Waals surface area contributed by atoms with Crippen LogP contribution in [0.1, 0.15) is 10.4 Å². The fraction of sp³-hybridized carbons (Fsp3) is 0.105. The molecular formula is C19H17N3O4. The van der Waals surface area contributed by atoms with Crippen molar-refractivity contribution >= 4 is 23.3 Å². The average molecular weight is 351 g/mol. The minimum Gasteiger partial charge on any atom is -0.497 e. The van der Waals surface area contributed by atoms with Crippen LogP contribution in [0.2, 0.25) is 0 Å². The molecule has 26 heavy (non-hydrogen) atoms. The molecule has 7 heteroatoms. The molecule has 0 fully saturated rings. The molecule has 0 spiro atoms. The first-order valence-electron chi connectivity index (χ1n) is 7.58. The Kier molecular flexibility index (Phi) is 6.34. The maximum Gasteiger partial charge on any atom is 0.339 e. The van der Waals surface area contributed by atoms with Gasteiger partial charge >= 0.3 is 5.97 Å². The van der Waals surface area contributed by atoms with Crippen molar-refractivity contribution in [1.29, 1.82) is 5.26 Å². The summed E-state index contributed by atoms with van der Waals surface area (Å²) in [6.45, 7) is 0. The second kappa shape index (κ2) is 8.89. The van der Waals surface area contributed by atoms with Gasteiger partial charge in [0.15, 0.2) is 0 Å². The van der Waals surface area contributed by atoms with Gasteiger partial charge in [0, 0.05) is 11.9 Å². The number of amides is 1. The molecule has 0 atom stereocenters. The molecule has 0 saturated heterocycles. The molecule has 7 nitrogen and oxygen atoms in total. The zero-order valence-electron chi connectivity index (χ0n) is 14.3. The highest BCUT2D eigenvalue weighted by molar-refractivity contribution is 6.07. The third kappa shape index (κ3) is 4.61. The number of hydrogen-bond donors (Lipinski definition) is 2. The molecule has 0 heterocycles. The Morgan fingerprint density at radius 2 is 1.77 bits per heavy atom. The molecule has 0 aliphatic carbocycles. The van der Waals surface area contributed by atoms with Crippen molar-refractivity contribution in [3.63, 3.8) is 0 Å². The summed E-state index contributed by atoms with van der Waals surface area (Å²) in [5.41, 5.74) is 1.08. The minimum absolute atomic E-state index is 0.152. The molecule has 132 valence electrons. The Hall–Kier alpha value is -3.79. The number of nitriles is 1. The largest absolute Gasteiger partial charge is 0.497 e. The Morgan fingerprint density at radius 3 is 2.38 bits per heavy atom. The van der Waals surface area contributed by atoms with Crippen LogP contribution in [0, 0.1) is 11.3 Å². The molecule has 2 rings (SSSR count). The van der Waals surface area contributed by atoms with Gasteiger partial charge in [-0.1, -0.05) is 12.1 Å². The summed E-state index contributed by atoms with van der Waals surface area (Å²) in [4.78, 5) is 24.0. The summed E-state index contributed by atoms with van der Waals surface area (Å²) >= 11 is 0. The van der Waals surface area contributed by atoms with Gasteiger partial charge in [-0.15, -0.1) is 0 Å². The second-order valence-electron chi connectivity index (χ2n) is 5.03. The van der Waals surface area contributed by atoms with Crippen molar-refractivity contribution in [1.82, 2.24) is 0 Å². The van der Waals surface area contributed by atoms with E-state index in [0.29, 0.717) is 22.7 Å². The van der Waals surface area contributed by atoms with Gasteiger partial charge in [0.25, 0.3) is 5.91 Å². The average Bonchev–Trinajstić information content (AvgIpc) is 2.68. The molecule has 2 aromatic carbocycles. The van der Waals surface area contributed by atoms with E-state index in [2.05, 4.69) is 10.6 Å². The van der Waals surface area contributed by atoms with Crippen molar-refractivity contribution in [2.75, 3.05) is 24.9 Å². The van der Waals surface area contributed by atoms with E-state index >= 15 is 0 Å². The molecule has 1 amide bonds. The number of carbonyl (C=O) groups excluding carboxylic acids is 2. The number of hydrogen-bond acceptors (Lipinski definition) is 6. The molecule has 0 radical (unpaired) electrons. The van der Waals surface area contributed by atoms with E-state index in [0.717, 1.165) is 0 Å². The lowest BCUT2D eigenvalue weighted by Gasteiger charge is -2.08. The number of esters is 1. The zero-order chi connectivity index (χ0) is 18.9. The Balaban J connectivity index is 2.14. The van der Waals surface area contributed by atoms with Crippen LogP contribution in [0.4, 0.5) is 11.4 Å². The highest BCUT2D eigenvalue weighted by Crippen LogP contribution is 2.18. The van der Waals surface area contributed by atoms with Crippen LogP contribution in [0.5, 0.6) is 5.75 Å². The van der Waals surface area contributed by atoms with Crippen LogP contribution in [0.25, 0.3) is 0 Å². The fourth-order valence-electron chi connectivity index (χ4n) is 2.07. The highest BCUT2D eigenvalue weighted by Gasteiger charge is 2.12. The summed E-state index contributed by atoms with van der Waals surface area (Å²) in [6, 6.07) is 15.1. The van der Waals surface area contributed by atoms with Crippen LogP contribution >= 0.6 is 0 Å². The van der Waals surface area contributed by atoms with E-state index in [1.165, 1.54) is 13.3 Å². The summed E-state index contributed by atoms with van der Waals surface area (Å²) in [5.74, 6) is -0.455. The van der Waals surface area contributed by atoms with E-state index in [-0.39, 0.29) is 5.57 Å². The van der Waals surface area contributed by atoms with E-state index in [9.17, 15) is 14.9 Å². The second-order valence-corrected chi connectivity index (χ2v) is 5.03. The van der Waals surface area contributed by atoms with Gasteiger partial charge in [-0.25, -0.2) is 4.79 Å². The summed E-state index contributed by atoms with van der Waals surface area (Å²) in [5, 5.41) is 14.6. The molecule has 0 aliphatic rings. The van der Waals surface area contributed by atoms with Crippen LogP contribution < -0.4 is 15.4 Å². The van der Waals surface area contributed by atoms with Crippen LogP contribution in [-0.2, 0) is 9.53 Å². The first-order valence-corrected chi connectivity index (χ1v) is 7.58. The molecule has 0 saturated carbocycles. The minimum atomic E-state index is -0.583. The monoisotopic (exact) mass is 351 g/mol. The van der Waals surface area contributed by atoms with Gasteiger partial charge in [-0.05, 0) is 36.4 Å². The summed E-state index contributed by atoms with van der Waals surface area (Å²) in [6.07, 6.45) is 1.24. The smallest absolute Gasteiger partial charge is 0.339 e. The Labute approximate surface area is 150 Å². The number of anilines is 2. The van der Waals surface area contributed by atoms with Crippen LogP contribution in [0.3, 0.4) is 0 Å². The van der Waals surface area contributed by atoms with E-state index in [1.807, 2.05) is 6.07 Å². The first kappa shape index (κ1) is 18.5. The number of ether oxygens (including phenoxy) is 2. The Bertz CT molecular complexity index is 867. The van der Waals surface area contributed by atoms with Crippen molar-refractivity contribution < 1.29 is 19.1 Å². The fourth-order valence-corrected chi connectivity index (χ4v) is 2.07. The topological polar surface area (TPSA) is 100 Å². The predicted molar refractivity (Wildman–Crippen MR) is 96.7 cm³/mol. The molecule has 2 aromatic rings. The molecule has 0 unspecified atom stereocenters. The lowest BCUT2D eigenvalue weighted by molar-refractivity contribution is -0.112. The van der Waals surface area contributed by atoms with Gasteiger partial charge in [0.2, 0.25) is 0 Å². The Morgan fingerprint density at radius 1 is 1.08 bits per heavy atom. The number of methoxy groups -OCH3 is 2. The van der Waals surface area contributed by atoms with Crippen molar-refractivity contribution in [2.24, 2.45) is 0 Å². The van der Waals surface area contributed by atoms with Crippen molar-refractivity contribution in [3.8, 4) is 11.8 Å². The van der Waals surface area contributed by atoms with Gasteiger partial charge in [0.05, 0.1) is 25.5 Å². The molecular weight excluding hydrogens is 334 g/mol. The maximum atomic E-state index is 12.2. The van der Waals surface area contributed by atoms with Crippen LogP contribution in [-0.4, -0.2) is 26.1 Å². The highest BCUT2D eigenvalue weighted by atomic mass is 16.5. The zero-order valence-corrected chi connectivity index (χ0v) is 14.3. The SMILES string of the molecule is COC(=O)c1ccccc1N/C=C(/C#N)C(=O)Nc1ccc(OC)cc1. The van der Waals surface area contributed by atoms with Crippen molar-refractivity contribution in [3.05, 3.63) is 65.9 Å². The lowest BCUT2D eigenvalue weighted by atomic mass is 10.2. The standard InChI is InChI=1S/C19H17N3O4/c1-25-15-9-7-14(8-10-15)22-18(23)13(11-20)12-21-17-6-4-3-5-16(17)19(24)26-2/h3-10,12,21H,1-2H3,(H,22,23)/b13-12-. The number of nitrogens with one attached hydrogen (secondary N) is 2. The summed E-state index contributed by atoms with van der Waals surface area (Å²) in [7, 11) is 2.82. The normalized spacial score (nSPS) is 10.4. The molecule has 2 N–H and O–H groups in total. The number of benzene rings is 2. The van der Waals surface area contributed by atoms with Gasteiger partial charge in [-0.2, -0.15) is 5.26 Å². The third-order valence-electron chi connectivity index (χ3n) is 3.42. The van der Waals surface area contributed by atoms with Crippen LogP contribution in [0.15, 0.2) is 60.3 Å². The number of carbonyl (C=O) groups is 2.